The summed E-state index contributed by atoms with van der Waals surface area (Å²) in [5, 5.41) is 7.72. The molecule has 1 atom stereocenters. The number of nitrogens with zero attached hydrogens (tertiary/aromatic N) is 3. The molecule has 1 saturated heterocycles. The van der Waals surface area contributed by atoms with Crippen molar-refractivity contribution >= 4 is 5.91 Å². The van der Waals surface area contributed by atoms with Crippen LogP contribution < -0.4 is 14.8 Å². The Labute approximate surface area is 205 Å². The number of methoxy groups -OCH3 is 2. The molecule has 1 aromatic heterocycles. The fraction of sp³-hybridized carbons (Fsp3) is 0.407. The third kappa shape index (κ3) is 5.82. The zero-order valence-electron chi connectivity index (χ0n) is 20.6. The highest BCUT2D eigenvalue weighted by atomic mass is 19.1. The molecule has 7 nitrogen and oxygen atoms in total. The SMILES string of the molecule is COc1ccc(-c2cc(C(=O)NCCCN3CCCCC3C)n(-c3ccc(F)cc3)n2)c(OC)c1. The van der Waals surface area contributed by atoms with Gasteiger partial charge in [0.15, 0.2) is 0 Å². The van der Waals surface area contributed by atoms with Gasteiger partial charge in [0.1, 0.15) is 23.0 Å². The van der Waals surface area contributed by atoms with E-state index in [2.05, 4.69) is 22.2 Å². The van der Waals surface area contributed by atoms with E-state index in [0.717, 1.165) is 25.1 Å². The second-order valence-corrected chi connectivity index (χ2v) is 8.86. The lowest BCUT2D eigenvalue weighted by Gasteiger charge is -2.33. The van der Waals surface area contributed by atoms with Crippen molar-refractivity contribution in [2.75, 3.05) is 33.9 Å². The molecule has 0 saturated carbocycles. The van der Waals surface area contributed by atoms with Crippen molar-refractivity contribution in [1.82, 2.24) is 20.0 Å². The maximum Gasteiger partial charge on any atom is 0.270 e. The summed E-state index contributed by atoms with van der Waals surface area (Å²) in [5.41, 5.74) is 2.26. The number of carbonyl (C=O) groups excluding carboxylic acids is 1. The van der Waals surface area contributed by atoms with Gasteiger partial charge >= 0.3 is 0 Å². The summed E-state index contributed by atoms with van der Waals surface area (Å²) in [6, 6.07) is 13.7. The van der Waals surface area contributed by atoms with Crippen molar-refractivity contribution in [3.63, 3.8) is 0 Å². The zero-order valence-corrected chi connectivity index (χ0v) is 20.6. The lowest BCUT2D eigenvalue weighted by Crippen LogP contribution is -2.39. The standard InChI is InChI=1S/C27H33FN4O3/c1-19-7-4-5-15-31(19)16-6-14-29-27(33)25-18-24(23-13-12-22(34-2)17-26(23)35-3)30-32(25)21-10-8-20(28)9-11-21/h8-13,17-19H,4-7,14-16H2,1-3H3,(H,29,33). The summed E-state index contributed by atoms with van der Waals surface area (Å²) in [4.78, 5) is 15.7. The third-order valence-electron chi connectivity index (χ3n) is 6.55. The number of hydrogen-bond donors (Lipinski definition) is 1. The number of halogens is 1. The molecule has 1 aliphatic heterocycles. The first-order valence-corrected chi connectivity index (χ1v) is 12.1. The molecule has 1 unspecified atom stereocenters. The minimum absolute atomic E-state index is 0.229. The predicted octanol–water partition coefficient (Wildman–Crippen LogP) is 4.69. The van der Waals surface area contributed by atoms with E-state index in [1.165, 1.54) is 31.4 Å². The Bertz CT molecular complexity index is 1150. The Hall–Kier alpha value is -3.39. The smallest absolute Gasteiger partial charge is 0.270 e. The number of rotatable bonds is 9. The van der Waals surface area contributed by atoms with Crippen molar-refractivity contribution in [3.8, 4) is 28.4 Å². The molecule has 35 heavy (non-hydrogen) atoms. The highest BCUT2D eigenvalue weighted by Gasteiger charge is 2.21. The number of aromatic nitrogens is 2. The lowest BCUT2D eigenvalue weighted by molar-refractivity contribution is 0.0941. The Morgan fingerprint density at radius 1 is 1.11 bits per heavy atom. The molecule has 1 amide bonds. The molecule has 0 spiro atoms. The van der Waals surface area contributed by atoms with Crippen LogP contribution in [0.4, 0.5) is 4.39 Å². The first-order valence-electron chi connectivity index (χ1n) is 12.1. The molecule has 1 N–H and O–H groups in total. The Balaban J connectivity index is 1.56. The molecule has 0 aliphatic carbocycles. The third-order valence-corrected chi connectivity index (χ3v) is 6.55. The fourth-order valence-electron chi connectivity index (χ4n) is 4.53. The average Bonchev–Trinajstić information content (AvgIpc) is 3.33. The van der Waals surface area contributed by atoms with Gasteiger partial charge in [-0.15, -0.1) is 0 Å². The van der Waals surface area contributed by atoms with E-state index in [9.17, 15) is 9.18 Å². The number of piperidine rings is 1. The van der Waals surface area contributed by atoms with E-state index in [1.54, 1.807) is 43.2 Å². The van der Waals surface area contributed by atoms with E-state index in [1.807, 2.05) is 12.1 Å². The first-order chi connectivity index (χ1) is 17.0. The van der Waals surface area contributed by atoms with E-state index in [0.29, 0.717) is 41.2 Å². The monoisotopic (exact) mass is 480 g/mol. The molecule has 4 rings (SSSR count). The van der Waals surface area contributed by atoms with E-state index in [4.69, 9.17) is 9.47 Å². The summed E-state index contributed by atoms with van der Waals surface area (Å²) in [5.74, 6) is 0.656. The molecule has 2 heterocycles. The van der Waals surface area contributed by atoms with Crippen LogP contribution in [0.5, 0.6) is 11.5 Å². The lowest BCUT2D eigenvalue weighted by atomic mass is 10.0. The Morgan fingerprint density at radius 3 is 2.63 bits per heavy atom. The highest BCUT2D eigenvalue weighted by molar-refractivity contribution is 5.94. The minimum atomic E-state index is -0.351. The first kappa shape index (κ1) is 24.7. The van der Waals surface area contributed by atoms with Crippen LogP contribution in [-0.2, 0) is 0 Å². The Morgan fingerprint density at radius 2 is 1.91 bits per heavy atom. The van der Waals surface area contributed by atoms with Crippen molar-refractivity contribution in [1.29, 1.82) is 0 Å². The van der Waals surface area contributed by atoms with Gasteiger partial charge in [-0.3, -0.25) is 4.79 Å². The topological polar surface area (TPSA) is 68.6 Å². The van der Waals surface area contributed by atoms with Gasteiger partial charge in [-0.05, 0) is 75.2 Å². The molecular formula is C27H33FN4O3. The number of ether oxygens (including phenoxy) is 2. The number of nitrogens with one attached hydrogen (secondary N) is 1. The molecule has 8 heteroatoms. The number of benzene rings is 2. The molecule has 1 fully saturated rings. The number of likely N-dealkylation sites (tertiary alicyclic amines) is 1. The summed E-state index contributed by atoms with van der Waals surface area (Å²) < 4.78 is 25.9. The summed E-state index contributed by atoms with van der Waals surface area (Å²) in [7, 11) is 3.16. The van der Waals surface area contributed by atoms with E-state index < -0.39 is 0 Å². The molecule has 2 aromatic carbocycles. The van der Waals surface area contributed by atoms with Crippen molar-refractivity contribution in [2.45, 2.75) is 38.6 Å². The van der Waals surface area contributed by atoms with Crippen LogP contribution in [0.25, 0.3) is 16.9 Å². The van der Waals surface area contributed by atoms with Crippen LogP contribution in [0.1, 0.15) is 43.1 Å². The maximum absolute atomic E-state index is 13.5. The summed E-state index contributed by atoms with van der Waals surface area (Å²) in [6.07, 6.45) is 4.65. The van der Waals surface area contributed by atoms with Gasteiger partial charge in [-0.2, -0.15) is 5.10 Å². The van der Waals surface area contributed by atoms with Gasteiger partial charge in [0.2, 0.25) is 0 Å². The van der Waals surface area contributed by atoms with Crippen molar-refractivity contribution in [3.05, 3.63) is 60.0 Å². The van der Waals surface area contributed by atoms with Crippen molar-refractivity contribution in [2.24, 2.45) is 0 Å². The van der Waals surface area contributed by atoms with Crippen LogP contribution in [-0.4, -0.2) is 60.5 Å². The van der Waals surface area contributed by atoms with E-state index in [-0.39, 0.29) is 11.7 Å². The number of hydrogen-bond acceptors (Lipinski definition) is 5. The van der Waals surface area contributed by atoms with Gasteiger partial charge < -0.3 is 19.7 Å². The van der Waals surface area contributed by atoms with Crippen molar-refractivity contribution < 1.29 is 18.7 Å². The molecular weight excluding hydrogens is 447 g/mol. The zero-order chi connectivity index (χ0) is 24.8. The maximum atomic E-state index is 13.5. The normalized spacial score (nSPS) is 16.2. The molecule has 0 bridgehead atoms. The summed E-state index contributed by atoms with van der Waals surface area (Å²) in [6.45, 7) is 4.93. The van der Waals surface area contributed by atoms with Gasteiger partial charge in [0, 0.05) is 30.8 Å². The quantitative estimate of drug-likeness (QED) is 0.450. The van der Waals surface area contributed by atoms with Gasteiger partial charge in [-0.1, -0.05) is 6.42 Å². The van der Waals surface area contributed by atoms with Crippen LogP contribution in [0.15, 0.2) is 48.5 Å². The largest absolute Gasteiger partial charge is 0.497 e. The van der Waals surface area contributed by atoms with Crippen LogP contribution >= 0.6 is 0 Å². The number of carbonyl (C=O) groups is 1. The molecule has 3 aromatic rings. The fourth-order valence-corrected chi connectivity index (χ4v) is 4.53. The predicted molar refractivity (Wildman–Crippen MR) is 134 cm³/mol. The number of amides is 1. The van der Waals surface area contributed by atoms with Crippen LogP contribution in [0.3, 0.4) is 0 Å². The second kappa shape index (κ2) is 11.4. The highest BCUT2D eigenvalue weighted by Crippen LogP contribution is 2.33. The average molecular weight is 481 g/mol. The van der Waals surface area contributed by atoms with Gasteiger partial charge in [0.05, 0.1) is 25.6 Å². The molecule has 186 valence electrons. The van der Waals surface area contributed by atoms with Crippen LogP contribution in [0, 0.1) is 5.82 Å². The molecule has 0 radical (unpaired) electrons. The molecule has 1 aliphatic rings. The summed E-state index contributed by atoms with van der Waals surface area (Å²) >= 11 is 0. The van der Waals surface area contributed by atoms with E-state index >= 15 is 0 Å². The van der Waals surface area contributed by atoms with Crippen LogP contribution in [0.2, 0.25) is 0 Å². The minimum Gasteiger partial charge on any atom is -0.497 e. The van der Waals surface area contributed by atoms with Gasteiger partial charge in [-0.25, -0.2) is 9.07 Å². The van der Waals surface area contributed by atoms with Gasteiger partial charge in [0.25, 0.3) is 5.91 Å². The Kier molecular flexibility index (Phi) is 8.02. The second-order valence-electron chi connectivity index (χ2n) is 8.86.